The Morgan fingerprint density at radius 1 is 1.50 bits per heavy atom. The van der Waals surface area contributed by atoms with Gasteiger partial charge in [-0.3, -0.25) is 4.79 Å². The van der Waals surface area contributed by atoms with E-state index in [4.69, 9.17) is 5.73 Å². The summed E-state index contributed by atoms with van der Waals surface area (Å²) in [5, 5.41) is 9.70. The van der Waals surface area contributed by atoms with Crippen molar-refractivity contribution in [3.63, 3.8) is 0 Å². The molecule has 4 heteroatoms. The summed E-state index contributed by atoms with van der Waals surface area (Å²) in [7, 11) is 0. The Labute approximate surface area is 110 Å². The molecular formula is C14H26N2O2. The Morgan fingerprint density at radius 3 is 2.78 bits per heavy atom. The van der Waals surface area contributed by atoms with Gasteiger partial charge >= 0.3 is 0 Å². The number of nitrogens with zero attached hydrogens (tertiary/aromatic N) is 1. The third kappa shape index (κ3) is 4.78. The van der Waals surface area contributed by atoms with E-state index in [0.29, 0.717) is 13.0 Å². The van der Waals surface area contributed by atoms with Crippen LogP contribution in [0.3, 0.4) is 0 Å². The number of carbonyl (C=O) groups excluding carboxylic acids is 1. The molecule has 1 aliphatic rings. The Bertz CT molecular complexity index is 311. The van der Waals surface area contributed by atoms with Crippen LogP contribution in [0, 0.1) is 5.41 Å². The van der Waals surface area contributed by atoms with Crippen LogP contribution in [0.1, 0.15) is 39.5 Å². The molecule has 1 aliphatic heterocycles. The minimum atomic E-state index is -0.250. The highest BCUT2D eigenvalue weighted by atomic mass is 16.3. The number of primary amides is 1. The van der Waals surface area contributed by atoms with Gasteiger partial charge in [0.25, 0.3) is 0 Å². The molecule has 3 N–H and O–H groups in total. The molecule has 0 aliphatic carbocycles. The molecule has 4 nitrogen and oxygen atoms in total. The Hall–Kier alpha value is -0.870. The Kier molecular flexibility index (Phi) is 5.82. The molecule has 0 unspecified atom stereocenters. The van der Waals surface area contributed by atoms with Crippen LogP contribution in [0.15, 0.2) is 11.6 Å². The molecule has 0 spiro atoms. The zero-order valence-corrected chi connectivity index (χ0v) is 11.6. The Morgan fingerprint density at radius 2 is 2.22 bits per heavy atom. The summed E-state index contributed by atoms with van der Waals surface area (Å²) in [5.74, 6) is -0.250. The van der Waals surface area contributed by atoms with Crippen LogP contribution in [0.25, 0.3) is 0 Å². The van der Waals surface area contributed by atoms with Crippen molar-refractivity contribution in [2.75, 3.05) is 26.2 Å². The molecule has 104 valence electrons. The molecule has 0 aromatic heterocycles. The van der Waals surface area contributed by atoms with E-state index in [0.717, 1.165) is 32.4 Å². The number of amides is 1. The highest BCUT2D eigenvalue weighted by Gasteiger charge is 2.33. The van der Waals surface area contributed by atoms with E-state index in [2.05, 4.69) is 24.8 Å². The van der Waals surface area contributed by atoms with E-state index in [1.165, 1.54) is 5.57 Å². The van der Waals surface area contributed by atoms with Crippen LogP contribution in [-0.2, 0) is 4.79 Å². The van der Waals surface area contributed by atoms with Gasteiger partial charge in [0.1, 0.15) is 0 Å². The number of likely N-dealkylation sites (tertiary alicyclic amines) is 1. The second kappa shape index (κ2) is 6.90. The van der Waals surface area contributed by atoms with Gasteiger partial charge in [0.15, 0.2) is 0 Å². The number of hydrogen-bond acceptors (Lipinski definition) is 3. The molecule has 1 fully saturated rings. The summed E-state index contributed by atoms with van der Waals surface area (Å²) in [4.78, 5) is 13.1. The summed E-state index contributed by atoms with van der Waals surface area (Å²) in [6, 6.07) is 0. The van der Waals surface area contributed by atoms with Crippen molar-refractivity contribution in [1.29, 1.82) is 0 Å². The Balaban J connectivity index is 2.57. The number of hydrogen-bond donors (Lipinski definition) is 2. The first-order chi connectivity index (χ1) is 8.47. The van der Waals surface area contributed by atoms with E-state index in [9.17, 15) is 9.90 Å². The molecule has 0 radical (unpaired) electrons. The van der Waals surface area contributed by atoms with Crippen molar-refractivity contribution < 1.29 is 9.90 Å². The van der Waals surface area contributed by atoms with Gasteiger partial charge in [0, 0.05) is 24.9 Å². The van der Waals surface area contributed by atoms with Crippen molar-refractivity contribution in [2.45, 2.75) is 39.5 Å². The van der Waals surface area contributed by atoms with Crippen LogP contribution in [0.5, 0.6) is 0 Å². The molecule has 0 aromatic rings. The largest absolute Gasteiger partial charge is 0.396 e. The van der Waals surface area contributed by atoms with E-state index in [1.54, 1.807) is 0 Å². The lowest BCUT2D eigenvalue weighted by atomic mass is 9.77. The number of piperidine rings is 1. The van der Waals surface area contributed by atoms with Crippen LogP contribution in [0.2, 0.25) is 0 Å². The van der Waals surface area contributed by atoms with E-state index >= 15 is 0 Å². The van der Waals surface area contributed by atoms with Crippen molar-refractivity contribution in [2.24, 2.45) is 11.1 Å². The maximum absolute atomic E-state index is 10.8. The zero-order valence-electron chi connectivity index (χ0n) is 11.6. The highest BCUT2D eigenvalue weighted by Crippen LogP contribution is 2.33. The zero-order chi connectivity index (χ0) is 13.6. The number of carbonyl (C=O) groups is 1. The average Bonchev–Trinajstić information content (AvgIpc) is 2.34. The molecule has 1 saturated heterocycles. The fourth-order valence-electron chi connectivity index (χ4n) is 2.55. The van der Waals surface area contributed by atoms with Gasteiger partial charge in [-0.2, -0.15) is 0 Å². The fourth-order valence-corrected chi connectivity index (χ4v) is 2.55. The summed E-state index contributed by atoms with van der Waals surface area (Å²) in [6.07, 6.45) is 5.66. The second-order valence-corrected chi connectivity index (χ2v) is 5.74. The van der Waals surface area contributed by atoms with Gasteiger partial charge in [-0.15, -0.1) is 0 Å². The van der Waals surface area contributed by atoms with E-state index in [1.807, 2.05) is 0 Å². The number of allylic oxidation sites excluding steroid dienone is 2. The molecule has 1 atom stereocenters. The summed E-state index contributed by atoms with van der Waals surface area (Å²) < 4.78 is 0. The minimum Gasteiger partial charge on any atom is -0.396 e. The normalized spacial score (nSPS) is 24.8. The minimum absolute atomic E-state index is 0.0346. The smallest absolute Gasteiger partial charge is 0.218 e. The highest BCUT2D eigenvalue weighted by molar-refractivity contribution is 5.73. The van der Waals surface area contributed by atoms with Gasteiger partial charge in [0.2, 0.25) is 5.91 Å². The second-order valence-electron chi connectivity index (χ2n) is 5.74. The number of nitrogens with two attached hydrogens (primary N) is 1. The fraction of sp³-hybridized carbons (Fsp3) is 0.786. The van der Waals surface area contributed by atoms with Crippen molar-refractivity contribution >= 4 is 5.91 Å². The van der Waals surface area contributed by atoms with Gasteiger partial charge in [0.05, 0.1) is 6.61 Å². The van der Waals surface area contributed by atoms with Crippen molar-refractivity contribution in [3.8, 4) is 0 Å². The summed E-state index contributed by atoms with van der Waals surface area (Å²) >= 11 is 0. The lowest BCUT2D eigenvalue weighted by Gasteiger charge is -2.41. The van der Waals surface area contributed by atoms with Crippen LogP contribution >= 0.6 is 0 Å². The first-order valence-electron chi connectivity index (χ1n) is 6.72. The lowest BCUT2D eigenvalue weighted by Crippen LogP contribution is -2.46. The number of rotatable bonds is 6. The predicted octanol–water partition coefficient (Wildman–Crippen LogP) is 1.29. The molecular weight excluding hydrogens is 228 g/mol. The maximum Gasteiger partial charge on any atom is 0.218 e. The SMILES string of the molecule is CC(C)=CC[C@]1(CO)CCCN(CCC(N)=O)C1. The average molecular weight is 254 g/mol. The monoisotopic (exact) mass is 254 g/mol. The third-order valence-electron chi connectivity index (χ3n) is 3.69. The van der Waals surface area contributed by atoms with Crippen molar-refractivity contribution in [1.82, 2.24) is 4.90 Å². The summed E-state index contributed by atoms with van der Waals surface area (Å²) in [6.45, 7) is 6.96. The first-order valence-corrected chi connectivity index (χ1v) is 6.72. The standard InChI is InChI=1S/C14H26N2O2/c1-12(2)4-7-14(11-17)6-3-8-16(10-14)9-5-13(15)18/h4,17H,3,5-11H2,1-2H3,(H2,15,18)/t14-/m1/s1. The molecule has 0 saturated carbocycles. The van der Waals surface area contributed by atoms with E-state index in [-0.39, 0.29) is 17.9 Å². The quantitative estimate of drug-likeness (QED) is 0.702. The van der Waals surface area contributed by atoms with Crippen LogP contribution < -0.4 is 5.73 Å². The topological polar surface area (TPSA) is 66.6 Å². The molecule has 18 heavy (non-hydrogen) atoms. The van der Waals surface area contributed by atoms with Gasteiger partial charge in [-0.25, -0.2) is 0 Å². The first kappa shape index (κ1) is 15.2. The molecule has 1 heterocycles. The number of aliphatic hydroxyl groups is 1. The molecule has 0 aromatic carbocycles. The van der Waals surface area contributed by atoms with Crippen LogP contribution in [0.4, 0.5) is 0 Å². The van der Waals surface area contributed by atoms with Crippen LogP contribution in [-0.4, -0.2) is 42.2 Å². The van der Waals surface area contributed by atoms with Gasteiger partial charge in [-0.05, 0) is 39.7 Å². The number of aliphatic hydroxyl groups excluding tert-OH is 1. The van der Waals surface area contributed by atoms with Gasteiger partial charge < -0.3 is 15.7 Å². The van der Waals surface area contributed by atoms with Gasteiger partial charge in [-0.1, -0.05) is 11.6 Å². The third-order valence-corrected chi connectivity index (χ3v) is 3.69. The van der Waals surface area contributed by atoms with E-state index < -0.39 is 0 Å². The maximum atomic E-state index is 10.8. The van der Waals surface area contributed by atoms with Crippen molar-refractivity contribution in [3.05, 3.63) is 11.6 Å². The predicted molar refractivity (Wildman–Crippen MR) is 73.1 cm³/mol. The molecule has 0 bridgehead atoms. The molecule has 1 rings (SSSR count). The summed E-state index contributed by atoms with van der Waals surface area (Å²) in [5.41, 5.74) is 6.44. The lowest BCUT2D eigenvalue weighted by molar-refractivity contribution is -0.118. The molecule has 1 amide bonds.